The average Bonchev–Trinajstić information content (AvgIpc) is 2.85. The van der Waals surface area contributed by atoms with Gasteiger partial charge in [-0.05, 0) is 55.0 Å². The number of aromatic nitrogens is 2. The van der Waals surface area contributed by atoms with Gasteiger partial charge in [0, 0.05) is 12.1 Å². The van der Waals surface area contributed by atoms with Crippen LogP contribution < -0.4 is 5.56 Å². The summed E-state index contributed by atoms with van der Waals surface area (Å²) in [7, 11) is 0. The molecule has 1 heterocycles. The SMILES string of the molecule is CCc1c(CCc2ccccc2)nc(-c2cccc(F)c2O)n(CCc2ccccc2F)c1=O. The minimum atomic E-state index is -0.794. The van der Waals surface area contributed by atoms with E-state index in [4.69, 9.17) is 4.98 Å². The van der Waals surface area contributed by atoms with E-state index >= 15 is 0 Å². The Morgan fingerprint density at radius 2 is 1.56 bits per heavy atom. The van der Waals surface area contributed by atoms with E-state index < -0.39 is 11.6 Å². The molecular weight excluding hydrogens is 434 g/mol. The van der Waals surface area contributed by atoms with Gasteiger partial charge < -0.3 is 5.11 Å². The van der Waals surface area contributed by atoms with Gasteiger partial charge in [-0.1, -0.05) is 61.5 Å². The molecule has 0 aliphatic heterocycles. The van der Waals surface area contributed by atoms with E-state index in [1.54, 1.807) is 18.2 Å². The first-order valence-electron chi connectivity index (χ1n) is 11.4. The smallest absolute Gasteiger partial charge is 0.257 e. The van der Waals surface area contributed by atoms with Crippen molar-refractivity contribution < 1.29 is 13.9 Å². The van der Waals surface area contributed by atoms with Crippen molar-refractivity contribution in [2.75, 3.05) is 0 Å². The number of aromatic hydroxyl groups is 1. The zero-order valence-corrected chi connectivity index (χ0v) is 19.0. The van der Waals surface area contributed by atoms with Crippen LogP contribution in [0.25, 0.3) is 11.4 Å². The number of aryl methyl sites for hydroxylation is 3. The number of hydrogen-bond donors (Lipinski definition) is 1. The first-order chi connectivity index (χ1) is 16.5. The highest BCUT2D eigenvalue weighted by atomic mass is 19.1. The van der Waals surface area contributed by atoms with Gasteiger partial charge in [0.25, 0.3) is 5.56 Å². The van der Waals surface area contributed by atoms with Crippen molar-refractivity contribution in [3.8, 4) is 17.1 Å². The second-order valence-corrected chi connectivity index (χ2v) is 8.13. The summed E-state index contributed by atoms with van der Waals surface area (Å²) in [5.41, 5.74) is 2.66. The molecule has 0 atom stereocenters. The van der Waals surface area contributed by atoms with Crippen LogP contribution in [0.2, 0.25) is 0 Å². The van der Waals surface area contributed by atoms with Crippen LogP contribution in [0.1, 0.15) is 29.3 Å². The second-order valence-electron chi connectivity index (χ2n) is 8.13. The van der Waals surface area contributed by atoms with Gasteiger partial charge in [0.15, 0.2) is 11.6 Å². The van der Waals surface area contributed by atoms with Crippen molar-refractivity contribution in [2.45, 2.75) is 39.2 Å². The Hall–Kier alpha value is -3.80. The van der Waals surface area contributed by atoms with Crippen molar-refractivity contribution in [3.63, 3.8) is 0 Å². The molecule has 0 fully saturated rings. The zero-order valence-electron chi connectivity index (χ0n) is 19.0. The minimum absolute atomic E-state index is 0.134. The Morgan fingerprint density at radius 1 is 0.853 bits per heavy atom. The summed E-state index contributed by atoms with van der Waals surface area (Å²) in [6, 6.07) is 20.4. The number of phenols is 1. The predicted molar refractivity (Wildman–Crippen MR) is 129 cm³/mol. The van der Waals surface area contributed by atoms with Gasteiger partial charge in [0.2, 0.25) is 0 Å². The van der Waals surface area contributed by atoms with Gasteiger partial charge in [-0.3, -0.25) is 9.36 Å². The molecular formula is C28H26F2N2O2. The lowest BCUT2D eigenvalue weighted by atomic mass is 10.0. The molecule has 3 aromatic carbocycles. The molecule has 0 aliphatic carbocycles. The monoisotopic (exact) mass is 460 g/mol. The van der Waals surface area contributed by atoms with Gasteiger partial charge in [-0.25, -0.2) is 13.8 Å². The topological polar surface area (TPSA) is 55.1 Å². The molecule has 4 aromatic rings. The van der Waals surface area contributed by atoms with Gasteiger partial charge in [0.1, 0.15) is 11.6 Å². The molecule has 0 radical (unpaired) electrons. The molecule has 0 bridgehead atoms. The van der Waals surface area contributed by atoms with Crippen LogP contribution in [-0.2, 0) is 32.2 Å². The van der Waals surface area contributed by atoms with Gasteiger partial charge in [0.05, 0.1) is 11.3 Å². The Labute approximate surface area is 197 Å². The maximum Gasteiger partial charge on any atom is 0.257 e. The highest BCUT2D eigenvalue weighted by Crippen LogP contribution is 2.30. The number of para-hydroxylation sites is 1. The molecule has 1 aromatic heterocycles. The molecule has 6 heteroatoms. The quantitative estimate of drug-likeness (QED) is 0.379. The number of phenolic OH excluding ortho intramolecular Hbond substituents is 1. The average molecular weight is 461 g/mol. The second kappa shape index (κ2) is 10.4. The van der Waals surface area contributed by atoms with Crippen LogP contribution in [0.4, 0.5) is 8.78 Å². The third-order valence-corrected chi connectivity index (χ3v) is 5.99. The van der Waals surface area contributed by atoms with E-state index in [1.165, 1.54) is 22.8 Å². The first kappa shape index (κ1) is 23.4. The van der Waals surface area contributed by atoms with Gasteiger partial charge in [-0.2, -0.15) is 0 Å². The number of rotatable bonds is 8. The minimum Gasteiger partial charge on any atom is -0.504 e. The normalized spacial score (nSPS) is 11.0. The maximum absolute atomic E-state index is 14.2. The fourth-order valence-electron chi connectivity index (χ4n) is 4.15. The molecule has 0 spiro atoms. The third kappa shape index (κ3) is 4.91. The van der Waals surface area contributed by atoms with Gasteiger partial charge >= 0.3 is 0 Å². The van der Waals surface area contributed by atoms with E-state index in [0.29, 0.717) is 36.1 Å². The Morgan fingerprint density at radius 3 is 2.29 bits per heavy atom. The van der Waals surface area contributed by atoms with Crippen molar-refractivity contribution in [1.82, 2.24) is 9.55 Å². The van der Waals surface area contributed by atoms with E-state index in [0.717, 1.165) is 11.6 Å². The van der Waals surface area contributed by atoms with Crippen molar-refractivity contribution >= 4 is 0 Å². The van der Waals surface area contributed by atoms with Crippen LogP contribution in [0, 0.1) is 11.6 Å². The van der Waals surface area contributed by atoms with Crippen molar-refractivity contribution in [2.24, 2.45) is 0 Å². The molecule has 4 rings (SSSR count). The molecule has 0 amide bonds. The third-order valence-electron chi connectivity index (χ3n) is 5.99. The van der Waals surface area contributed by atoms with Crippen LogP contribution in [-0.4, -0.2) is 14.7 Å². The Balaban J connectivity index is 1.80. The lowest BCUT2D eigenvalue weighted by Gasteiger charge is -2.18. The predicted octanol–water partition coefficient (Wildman–Crippen LogP) is 5.48. The summed E-state index contributed by atoms with van der Waals surface area (Å²) in [4.78, 5) is 18.4. The van der Waals surface area contributed by atoms with E-state index in [-0.39, 0.29) is 35.7 Å². The molecule has 174 valence electrons. The van der Waals surface area contributed by atoms with Crippen LogP contribution in [0.5, 0.6) is 5.75 Å². The largest absolute Gasteiger partial charge is 0.504 e. The fourth-order valence-corrected chi connectivity index (χ4v) is 4.15. The zero-order chi connectivity index (χ0) is 24.1. The van der Waals surface area contributed by atoms with E-state index in [2.05, 4.69) is 0 Å². The Bertz CT molecular complexity index is 1350. The molecule has 1 N–H and O–H groups in total. The van der Waals surface area contributed by atoms with Crippen molar-refractivity contribution in [3.05, 3.63) is 117 Å². The number of hydrogen-bond acceptors (Lipinski definition) is 3. The first-order valence-corrected chi connectivity index (χ1v) is 11.4. The van der Waals surface area contributed by atoms with Gasteiger partial charge in [-0.15, -0.1) is 0 Å². The highest BCUT2D eigenvalue weighted by Gasteiger charge is 2.20. The molecule has 0 aliphatic rings. The molecule has 34 heavy (non-hydrogen) atoms. The van der Waals surface area contributed by atoms with Crippen LogP contribution in [0.3, 0.4) is 0 Å². The van der Waals surface area contributed by atoms with E-state index in [1.807, 2.05) is 37.3 Å². The standard InChI is InChI=1S/C28H26F2N2O2/c1-2-21-25(16-15-19-9-4-3-5-10-19)31-27(22-12-8-14-24(30)26(22)33)32(28(21)34)18-17-20-11-6-7-13-23(20)29/h3-14,33H,2,15-18H2,1H3. The summed E-state index contributed by atoms with van der Waals surface area (Å²) >= 11 is 0. The highest BCUT2D eigenvalue weighted by molar-refractivity contribution is 5.64. The summed E-state index contributed by atoms with van der Waals surface area (Å²) in [6.07, 6.45) is 1.95. The lowest BCUT2D eigenvalue weighted by Crippen LogP contribution is -2.29. The van der Waals surface area contributed by atoms with Crippen LogP contribution >= 0.6 is 0 Å². The van der Waals surface area contributed by atoms with Crippen molar-refractivity contribution in [1.29, 1.82) is 0 Å². The molecule has 0 unspecified atom stereocenters. The number of nitrogens with zero attached hydrogens (tertiary/aromatic N) is 2. The van der Waals surface area contributed by atoms with E-state index in [9.17, 15) is 18.7 Å². The number of benzene rings is 3. The fraction of sp³-hybridized carbons (Fsp3) is 0.214. The summed E-state index contributed by atoms with van der Waals surface area (Å²) < 4.78 is 29.8. The molecule has 0 saturated carbocycles. The molecule has 4 nitrogen and oxygen atoms in total. The Kier molecular flexibility index (Phi) is 7.16. The summed E-state index contributed by atoms with van der Waals surface area (Å²) in [6.45, 7) is 2.04. The summed E-state index contributed by atoms with van der Waals surface area (Å²) in [5.74, 6) is -1.53. The lowest BCUT2D eigenvalue weighted by molar-refractivity contribution is 0.433. The maximum atomic E-state index is 14.2. The summed E-state index contributed by atoms with van der Waals surface area (Å²) in [5, 5.41) is 10.4. The van der Waals surface area contributed by atoms with Crippen LogP contribution in [0.15, 0.2) is 77.6 Å². The number of halogens is 2. The molecule has 0 saturated heterocycles.